The average Bonchev–Trinajstić information content (AvgIpc) is 3.28. The standard InChI is InChI=1S/C22H24N6O2S/c1-13-23-11-20(31-13)26(2)18-10-19(24-28(4)22(18)29)30-12-14-9-16(14)21-15-7-5-6-8-17(15)27(3)25-21/h5-8,10-11,14,16H,9,12H2,1-4H3/t14-,16+/m0/s1. The molecule has 0 unspecified atom stereocenters. The molecule has 0 aliphatic heterocycles. The fourth-order valence-electron chi connectivity index (χ4n) is 3.98. The Labute approximate surface area is 183 Å². The molecule has 8 nitrogen and oxygen atoms in total. The Kier molecular flexibility index (Phi) is 4.77. The Bertz CT molecular complexity index is 1320. The van der Waals surface area contributed by atoms with Crippen LogP contribution in [0.15, 0.2) is 41.3 Å². The number of thiazole rings is 1. The zero-order valence-corrected chi connectivity index (χ0v) is 18.8. The summed E-state index contributed by atoms with van der Waals surface area (Å²) in [5.74, 6) is 1.23. The van der Waals surface area contributed by atoms with Gasteiger partial charge in [-0.05, 0) is 19.4 Å². The zero-order valence-electron chi connectivity index (χ0n) is 17.9. The highest BCUT2D eigenvalue weighted by molar-refractivity contribution is 7.15. The van der Waals surface area contributed by atoms with Gasteiger partial charge in [0.2, 0.25) is 5.88 Å². The maximum Gasteiger partial charge on any atom is 0.290 e. The lowest BCUT2D eigenvalue weighted by atomic mass is 10.1. The van der Waals surface area contributed by atoms with E-state index in [-0.39, 0.29) is 5.56 Å². The molecule has 160 valence electrons. The van der Waals surface area contributed by atoms with Crippen LogP contribution in [-0.4, -0.2) is 38.2 Å². The number of benzene rings is 1. The Morgan fingerprint density at radius 1 is 1.23 bits per heavy atom. The lowest BCUT2D eigenvalue weighted by Crippen LogP contribution is -2.27. The minimum absolute atomic E-state index is 0.176. The van der Waals surface area contributed by atoms with E-state index in [1.807, 2.05) is 36.7 Å². The number of ether oxygens (including phenoxy) is 1. The highest BCUT2D eigenvalue weighted by Gasteiger charge is 2.42. The van der Waals surface area contributed by atoms with E-state index in [0.29, 0.717) is 30.0 Å². The second kappa shape index (κ2) is 7.49. The average molecular weight is 437 g/mol. The number of aryl methyl sites for hydroxylation is 3. The predicted molar refractivity (Wildman–Crippen MR) is 121 cm³/mol. The van der Waals surface area contributed by atoms with Gasteiger partial charge < -0.3 is 9.64 Å². The predicted octanol–water partition coefficient (Wildman–Crippen LogP) is 3.38. The molecule has 1 aliphatic rings. The molecule has 0 amide bonds. The van der Waals surface area contributed by atoms with E-state index in [1.54, 1.807) is 19.3 Å². The van der Waals surface area contributed by atoms with E-state index in [1.165, 1.54) is 21.4 Å². The van der Waals surface area contributed by atoms with Crippen LogP contribution < -0.4 is 15.2 Å². The zero-order chi connectivity index (χ0) is 21.7. The second-order valence-electron chi connectivity index (χ2n) is 8.01. The van der Waals surface area contributed by atoms with Gasteiger partial charge in [-0.1, -0.05) is 18.2 Å². The Balaban J connectivity index is 1.32. The molecule has 3 heterocycles. The fraction of sp³-hybridized carbons (Fsp3) is 0.364. The number of hydrogen-bond donors (Lipinski definition) is 0. The van der Waals surface area contributed by atoms with Crippen LogP contribution in [0.5, 0.6) is 5.88 Å². The van der Waals surface area contributed by atoms with Crippen molar-refractivity contribution in [1.29, 1.82) is 0 Å². The molecule has 0 spiro atoms. The minimum atomic E-state index is -0.176. The van der Waals surface area contributed by atoms with Crippen LogP contribution in [-0.2, 0) is 14.1 Å². The number of hydrogen-bond acceptors (Lipinski definition) is 7. The number of nitrogens with zero attached hydrogens (tertiary/aromatic N) is 6. The fourth-order valence-corrected chi connectivity index (χ4v) is 4.72. The monoisotopic (exact) mass is 436 g/mol. The number of rotatable bonds is 6. The molecule has 1 saturated carbocycles. The highest BCUT2D eigenvalue weighted by atomic mass is 32.1. The normalized spacial score (nSPS) is 17.8. The third-order valence-corrected chi connectivity index (χ3v) is 6.82. The van der Waals surface area contributed by atoms with Gasteiger partial charge >= 0.3 is 0 Å². The van der Waals surface area contributed by atoms with Crippen LogP contribution in [0, 0.1) is 12.8 Å². The molecule has 9 heteroatoms. The second-order valence-corrected chi connectivity index (χ2v) is 9.23. The molecule has 1 aliphatic carbocycles. The molecule has 4 aromatic rings. The molecule has 0 bridgehead atoms. The van der Waals surface area contributed by atoms with Gasteiger partial charge in [0.1, 0.15) is 10.7 Å². The molecule has 0 radical (unpaired) electrons. The van der Waals surface area contributed by atoms with Crippen LogP contribution in [0.25, 0.3) is 10.9 Å². The summed E-state index contributed by atoms with van der Waals surface area (Å²) < 4.78 is 9.29. The van der Waals surface area contributed by atoms with Crippen molar-refractivity contribution < 1.29 is 4.74 Å². The number of anilines is 2. The molecule has 31 heavy (non-hydrogen) atoms. The summed E-state index contributed by atoms with van der Waals surface area (Å²) in [5, 5.41) is 12.1. The smallest absolute Gasteiger partial charge is 0.290 e. The first-order chi connectivity index (χ1) is 14.9. The Morgan fingerprint density at radius 2 is 2.03 bits per heavy atom. The first-order valence-corrected chi connectivity index (χ1v) is 11.0. The van der Waals surface area contributed by atoms with Crippen molar-refractivity contribution in [3.8, 4) is 5.88 Å². The van der Waals surface area contributed by atoms with Crippen molar-refractivity contribution in [2.45, 2.75) is 19.3 Å². The lowest BCUT2D eigenvalue weighted by Gasteiger charge is -2.17. The van der Waals surface area contributed by atoms with Crippen LogP contribution >= 0.6 is 11.3 Å². The van der Waals surface area contributed by atoms with Gasteiger partial charge in [-0.2, -0.15) is 5.10 Å². The van der Waals surface area contributed by atoms with E-state index >= 15 is 0 Å². The highest BCUT2D eigenvalue weighted by Crippen LogP contribution is 2.49. The molecule has 2 atom stereocenters. The minimum Gasteiger partial charge on any atom is -0.476 e. The Morgan fingerprint density at radius 3 is 2.81 bits per heavy atom. The molecule has 0 N–H and O–H groups in total. The summed E-state index contributed by atoms with van der Waals surface area (Å²) in [7, 11) is 5.48. The largest absolute Gasteiger partial charge is 0.476 e. The summed E-state index contributed by atoms with van der Waals surface area (Å²) in [5.41, 5.74) is 2.63. The summed E-state index contributed by atoms with van der Waals surface area (Å²) in [6.45, 7) is 2.49. The van der Waals surface area contributed by atoms with Crippen LogP contribution in [0.4, 0.5) is 10.7 Å². The van der Waals surface area contributed by atoms with Gasteiger partial charge in [-0.25, -0.2) is 9.67 Å². The topological polar surface area (TPSA) is 78.1 Å². The lowest BCUT2D eigenvalue weighted by molar-refractivity contribution is 0.278. The summed E-state index contributed by atoms with van der Waals surface area (Å²) in [4.78, 5) is 18.7. The first-order valence-electron chi connectivity index (χ1n) is 10.2. The van der Waals surface area contributed by atoms with Gasteiger partial charge in [-0.15, -0.1) is 16.4 Å². The summed E-state index contributed by atoms with van der Waals surface area (Å²) in [6.07, 6.45) is 2.81. The maximum atomic E-state index is 12.6. The molecule has 5 rings (SSSR count). The first kappa shape index (κ1) is 19.7. The maximum absolute atomic E-state index is 12.6. The van der Waals surface area contributed by atoms with Gasteiger partial charge in [-0.3, -0.25) is 9.48 Å². The quantitative estimate of drug-likeness (QED) is 0.461. The third kappa shape index (κ3) is 3.59. The van der Waals surface area contributed by atoms with Gasteiger partial charge in [0.25, 0.3) is 5.56 Å². The van der Waals surface area contributed by atoms with E-state index in [4.69, 9.17) is 9.84 Å². The van der Waals surface area contributed by atoms with E-state index in [0.717, 1.165) is 27.6 Å². The van der Waals surface area contributed by atoms with E-state index < -0.39 is 0 Å². The summed E-state index contributed by atoms with van der Waals surface area (Å²) in [6, 6.07) is 10.0. The van der Waals surface area contributed by atoms with Crippen LogP contribution in [0.3, 0.4) is 0 Å². The van der Waals surface area contributed by atoms with E-state index in [9.17, 15) is 4.79 Å². The number of para-hydroxylation sites is 1. The van der Waals surface area contributed by atoms with Crippen LogP contribution in [0.2, 0.25) is 0 Å². The van der Waals surface area contributed by atoms with Crippen LogP contribution in [0.1, 0.15) is 23.0 Å². The SMILES string of the molecule is Cc1ncc(N(C)c2cc(OC[C@@H]3C[C@H]3c3nn(C)c4ccccc34)nn(C)c2=O)s1. The molecule has 1 aromatic carbocycles. The van der Waals surface area contributed by atoms with Crippen molar-refractivity contribution in [3.05, 3.63) is 57.6 Å². The van der Waals surface area contributed by atoms with Crippen molar-refractivity contribution >= 4 is 32.9 Å². The Hall–Kier alpha value is -3.20. The molecule has 3 aromatic heterocycles. The third-order valence-electron chi connectivity index (χ3n) is 5.83. The summed E-state index contributed by atoms with van der Waals surface area (Å²) >= 11 is 1.54. The van der Waals surface area contributed by atoms with Crippen molar-refractivity contribution in [1.82, 2.24) is 24.5 Å². The number of aromatic nitrogens is 5. The van der Waals surface area contributed by atoms with Gasteiger partial charge in [0.05, 0.1) is 29.0 Å². The molecule has 1 fully saturated rings. The van der Waals surface area contributed by atoms with Gasteiger partial charge in [0.15, 0.2) is 0 Å². The van der Waals surface area contributed by atoms with Crippen molar-refractivity contribution in [2.24, 2.45) is 20.0 Å². The molecular weight excluding hydrogens is 412 g/mol. The molecule has 0 saturated heterocycles. The van der Waals surface area contributed by atoms with E-state index in [2.05, 4.69) is 28.3 Å². The van der Waals surface area contributed by atoms with Crippen molar-refractivity contribution in [3.63, 3.8) is 0 Å². The number of fused-ring (bicyclic) bond motifs is 1. The van der Waals surface area contributed by atoms with Crippen molar-refractivity contribution in [2.75, 3.05) is 18.6 Å². The molecular formula is C22H24N6O2S. The van der Waals surface area contributed by atoms with Gasteiger partial charge in [0, 0.05) is 44.4 Å².